The van der Waals surface area contributed by atoms with E-state index in [9.17, 15) is 8.78 Å². The fourth-order valence-electron chi connectivity index (χ4n) is 1.33. The summed E-state index contributed by atoms with van der Waals surface area (Å²) in [7, 11) is 0. The van der Waals surface area contributed by atoms with Gasteiger partial charge in [-0.05, 0) is 6.07 Å². The van der Waals surface area contributed by atoms with Gasteiger partial charge in [-0.25, -0.2) is 8.78 Å². The maximum absolute atomic E-state index is 12.4. The molecule has 1 aromatic carbocycles. The lowest BCUT2D eigenvalue weighted by molar-refractivity contribution is 0.151. The maximum Gasteiger partial charge on any atom is 0.263 e. The van der Waals surface area contributed by atoms with E-state index in [1.165, 1.54) is 12.1 Å². The summed E-state index contributed by atoms with van der Waals surface area (Å²) in [6, 6.07) is 7.70. The molecule has 0 saturated carbocycles. The number of nitrogens with two attached hydrogens (primary N) is 1. The topological polar surface area (TPSA) is 54.7 Å². The number of benzene rings is 1. The Labute approximate surface area is 84.9 Å². The van der Waals surface area contributed by atoms with Crippen LogP contribution in [0.5, 0.6) is 0 Å². The summed E-state index contributed by atoms with van der Waals surface area (Å²) in [5.41, 5.74) is 6.69. The molecular weight excluding hydrogens is 200 g/mol. The Morgan fingerprint density at radius 3 is 2.67 bits per heavy atom. The second-order valence-corrected chi connectivity index (χ2v) is 3.13. The number of aromatic amines is 1. The van der Waals surface area contributed by atoms with Crippen LogP contribution in [0.3, 0.4) is 0 Å². The lowest BCUT2D eigenvalue weighted by Gasteiger charge is -2.01. The van der Waals surface area contributed by atoms with Gasteiger partial charge in [0.2, 0.25) is 0 Å². The van der Waals surface area contributed by atoms with Crippen LogP contribution in [0.1, 0.15) is 12.0 Å². The fourth-order valence-corrected chi connectivity index (χ4v) is 1.33. The first-order chi connectivity index (χ1) is 7.16. The highest BCUT2D eigenvalue weighted by molar-refractivity contribution is 5.62. The molecule has 0 radical (unpaired) electrons. The summed E-state index contributed by atoms with van der Waals surface area (Å²) in [6.45, 7) is 0. The van der Waals surface area contributed by atoms with Crippen LogP contribution in [-0.4, -0.2) is 10.2 Å². The van der Waals surface area contributed by atoms with Gasteiger partial charge in [-0.15, -0.1) is 0 Å². The van der Waals surface area contributed by atoms with Crippen LogP contribution in [0.2, 0.25) is 0 Å². The van der Waals surface area contributed by atoms with Gasteiger partial charge in [0.1, 0.15) is 5.82 Å². The molecule has 0 aliphatic heterocycles. The number of alkyl halides is 2. The van der Waals surface area contributed by atoms with E-state index in [4.69, 9.17) is 5.73 Å². The van der Waals surface area contributed by atoms with Crippen LogP contribution in [-0.2, 0) is 0 Å². The minimum Gasteiger partial charge on any atom is -0.382 e. The average Bonchev–Trinajstić information content (AvgIpc) is 2.65. The molecule has 1 heterocycles. The van der Waals surface area contributed by atoms with E-state index < -0.39 is 6.43 Å². The Morgan fingerprint density at radius 1 is 1.27 bits per heavy atom. The molecule has 2 rings (SSSR count). The summed E-state index contributed by atoms with van der Waals surface area (Å²) in [6.07, 6.45) is -2.47. The zero-order valence-electron chi connectivity index (χ0n) is 7.74. The van der Waals surface area contributed by atoms with E-state index in [2.05, 4.69) is 10.2 Å². The van der Waals surface area contributed by atoms with Gasteiger partial charge < -0.3 is 5.73 Å². The zero-order chi connectivity index (χ0) is 10.8. The van der Waals surface area contributed by atoms with E-state index in [0.717, 1.165) is 0 Å². The normalized spacial score (nSPS) is 10.9. The number of H-pyrrole nitrogens is 1. The van der Waals surface area contributed by atoms with Gasteiger partial charge in [0.25, 0.3) is 6.43 Å². The van der Waals surface area contributed by atoms with Gasteiger partial charge in [-0.3, -0.25) is 5.10 Å². The molecular formula is C10H9F2N3. The standard InChI is InChI=1S/C10H9F2N3/c11-10(12)7-3-1-2-6(4-7)8-5-9(13)15-14-8/h1-5,10H,(H3,13,14,15). The van der Waals surface area contributed by atoms with Gasteiger partial charge in [-0.1, -0.05) is 18.2 Å². The van der Waals surface area contributed by atoms with Crippen LogP contribution < -0.4 is 5.73 Å². The Kier molecular flexibility index (Phi) is 2.37. The molecule has 1 aromatic heterocycles. The minimum absolute atomic E-state index is 0.0133. The van der Waals surface area contributed by atoms with E-state index in [1.54, 1.807) is 18.2 Å². The van der Waals surface area contributed by atoms with E-state index in [-0.39, 0.29) is 5.56 Å². The molecule has 0 atom stereocenters. The predicted molar refractivity (Wildman–Crippen MR) is 53.4 cm³/mol. The molecule has 3 N–H and O–H groups in total. The second-order valence-electron chi connectivity index (χ2n) is 3.13. The van der Waals surface area contributed by atoms with Gasteiger partial charge >= 0.3 is 0 Å². The van der Waals surface area contributed by atoms with E-state index >= 15 is 0 Å². The van der Waals surface area contributed by atoms with Crippen molar-refractivity contribution in [1.82, 2.24) is 10.2 Å². The first-order valence-corrected chi connectivity index (χ1v) is 4.36. The lowest BCUT2D eigenvalue weighted by atomic mass is 10.1. The highest BCUT2D eigenvalue weighted by Gasteiger charge is 2.08. The molecule has 5 heteroatoms. The van der Waals surface area contributed by atoms with Crippen molar-refractivity contribution in [3.63, 3.8) is 0 Å². The zero-order valence-corrected chi connectivity index (χ0v) is 7.74. The summed E-state index contributed by atoms with van der Waals surface area (Å²) < 4.78 is 24.8. The Balaban J connectivity index is 2.41. The molecule has 0 spiro atoms. The van der Waals surface area contributed by atoms with Gasteiger partial charge in [0.15, 0.2) is 0 Å². The largest absolute Gasteiger partial charge is 0.382 e. The molecule has 0 unspecified atom stereocenters. The number of halogens is 2. The van der Waals surface area contributed by atoms with Gasteiger partial charge in [0, 0.05) is 17.2 Å². The first kappa shape index (κ1) is 9.64. The smallest absolute Gasteiger partial charge is 0.263 e. The Bertz CT molecular complexity index is 465. The first-order valence-electron chi connectivity index (χ1n) is 4.36. The Hall–Kier alpha value is -1.91. The number of aromatic nitrogens is 2. The highest BCUT2D eigenvalue weighted by Crippen LogP contribution is 2.25. The maximum atomic E-state index is 12.4. The van der Waals surface area contributed by atoms with Gasteiger partial charge in [-0.2, -0.15) is 5.10 Å². The quantitative estimate of drug-likeness (QED) is 0.798. The molecule has 3 nitrogen and oxygen atoms in total. The molecule has 0 saturated heterocycles. The number of anilines is 1. The van der Waals surface area contributed by atoms with Crippen molar-refractivity contribution in [3.8, 4) is 11.3 Å². The van der Waals surface area contributed by atoms with Crippen LogP contribution in [0, 0.1) is 0 Å². The number of nitrogens with one attached hydrogen (secondary N) is 1. The summed E-state index contributed by atoms with van der Waals surface area (Å²) in [5.74, 6) is 0.340. The minimum atomic E-state index is -2.47. The third kappa shape index (κ3) is 1.96. The van der Waals surface area contributed by atoms with Crippen molar-refractivity contribution in [3.05, 3.63) is 35.9 Å². The molecule has 0 bridgehead atoms. The van der Waals surface area contributed by atoms with Crippen molar-refractivity contribution in [2.45, 2.75) is 6.43 Å². The Morgan fingerprint density at radius 2 is 2.07 bits per heavy atom. The second kappa shape index (κ2) is 3.68. The number of rotatable bonds is 2. The molecule has 0 amide bonds. The fraction of sp³-hybridized carbons (Fsp3) is 0.100. The number of hydrogen-bond donors (Lipinski definition) is 2. The van der Waals surface area contributed by atoms with Crippen LogP contribution in [0.15, 0.2) is 30.3 Å². The SMILES string of the molecule is Nc1cc(-c2cccc(C(F)F)c2)[nH]n1. The van der Waals surface area contributed by atoms with Crippen molar-refractivity contribution in [1.29, 1.82) is 0 Å². The summed E-state index contributed by atoms with van der Waals surface area (Å²) in [4.78, 5) is 0. The van der Waals surface area contributed by atoms with Crippen LogP contribution in [0.4, 0.5) is 14.6 Å². The van der Waals surface area contributed by atoms with Crippen molar-refractivity contribution >= 4 is 5.82 Å². The highest BCUT2D eigenvalue weighted by atomic mass is 19.3. The van der Waals surface area contributed by atoms with Crippen LogP contribution in [0.25, 0.3) is 11.3 Å². The molecule has 0 aliphatic rings. The third-order valence-corrected chi connectivity index (χ3v) is 2.05. The molecule has 2 aromatic rings. The molecule has 15 heavy (non-hydrogen) atoms. The van der Waals surface area contributed by atoms with Crippen LogP contribution >= 0.6 is 0 Å². The predicted octanol–water partition coefficient (Wildman–Crippen LogP) is 2.60. The van der Waals surface area contributed by atoms with E-state index in [1.807, 2.05) is 0 Å². The average molecular weight is 209 g/mol. The molecule has 0 aliphatic carbocycles. The number of nitrogen functional groups attached to an aromatic ring is 1. The summed E-state index contributed by atoms with van der Waals surface area (Å²) in [5, 5.41) is 6.40. The molecule has 78 valence electrons. The monoisotopic (exact) mass is 209 g/mol. The molecule has 0 fully saturated rings. The van der Waals surface area contributed by atoms with E-state index in [0.29, 0.717) is 17.1 Å². The van der Waals surface area contributed by atoms with Crippen molar-refractivity contribution in [2.75, 3.05) is 5.73 Å². The number of nitrogens with zero attached hydrogens (tertiary/aromatic N) is 1. The third-order valence-electron chi connectivity index (χ3n) is 2.05. The number of hydrogen-bond acceptors (Lipinski definition) is 2. The summed E-state index contributed by atoms with van der Waals surface area (Å²) >= 11 is 0. The van der Waals surface area contributed by atoms with Crippen molar-refractivity contribution in [2.24, 2.45) is 0 Å². The van der Waals surface area contributed by atoms with Crippen molar-refractivity contribution < 1.29 is 8.78 Å². The van der Waals surface area contributed by atoms with Gasteiger partial charge in [0.05, 0.1) is 5.69 Å². The lowest BCUT2D eigenvalue weighted by Crippen LogP contribution is -1.85.